The lowest BCUT2D eigenvalue weighted by Crippen LogP contribution is -2.25. The van der Waals surface area contributed by atoms with Crippen molar-refractivity contribution in [3.63, 3.8) is 0 Å². The molecule has 0 aliphatic carbocycles. The van der Waals surface area contributed by atoms with Gasteiger partial charge in [0.2, 0.25) is 0 Å². The molecule has 3 rings (SSSR count). The molecule has 0 saturated heterocycles. The van der Waals surface area contributed by atoms with E-state index in [4.69, 9.17) is 9.47 Å². The van der Waals surface area contributed by atoms with E-state index in [0.29, 0.717) is 23.6 Å². The van der Waals surface area contributed by atoms with Gasteiger partial charge in [-0.1, -0.05) is 18.2 Å². The molecule has 1 amide bonds. The maximum Gasteiger partial charge on any atom is 0.258 e. The predicted octanol–water partition coefficient (Wildman–Crippen LogP) is 4.37. The highest BCUT2D eigenvalue weighted by Crippen LogP contribution is 2.40. The molecule has 4 nitrogen and oxygen atoms in total. The fourth-order valence-electron chi connectivity index (χ4n) is 2.91. The predicted molar refractivity (Wildman–Crippen MR) is 99.6 cm³/mol. The Kier molecular flexibility index (Phi) is 4.62. The highest BCUT2D eigenvalue weighted by Gasteiger charge is 2.31. The molecule has 124 valence electrons. The van der Waals surface area contributed by atoms with Crippen molar-refractivity contribution >= 4 is 39.2 Å². The number of rotatable bonds is 4. The molecule has 0 spiro atoms. The van der Waals surface area contributed by atoms with Crippen LogP contribution in [0.25, 0.3) is 11.6 Å². The molecular formula is C19H18BrNO3. The molecule has 0 N–H and O–H groups in total. The quantitative estimate of drug-likeness (QED) is 0.730. The Balaban J connectivity index is 2.16. The van der Waals surface area contributed by atoms with Gasteiger partial charge in [0.05, 0.1) is 24.4 Å². The van der Waals surface area contributed by atoms with Gasteiger partial charge in [0.25, 0.3) is 5.91 Å². The minimum Gasteiger partial charge on any atom is -0.496 e. The van der Waals surface area contributed by atoms with Crippen LogP contribution in [-0.4, -0.2) is 26.7 Å². The fourth-order valence-corrected chi connectivity index (χ4v) is 3.43. The molecule has 5 heteroatoms. The SMILES string of the molecule is CCN1C(=O)/C(=C\c2cc(Br)c(OC)cc2OC)c2ccccc21. The van der Waals surface area contributed by atoms with Crippen LogP contribution in [0.1, 0.15) is 18.1 Å². The Morgan fingerprint density at radius 1 is 1.12 bits per heavy atom. The number of hydrogen-bond acceptors (Lipinski definition) is 3. The molecule has 0 radical (unpaired) electrons. The van der Waals surface area contributed by atoms with Crippen LogP contribution >= 0.6 is 15.9 Å². The molecule has 1 aliphatic heterocycles. The van der Waals surface area contributed by atoms with E-state index >= 15 is 0 Å². The summed E-state index contributed by atoms with van der Waals surface area (Å²) in [5.74, 6) is 1.35. The zero-order valence-electron chi connectivity index (χ0n) is 13.8. The standard InChI is InChI=1S/C19H18BrNO3/c1-4-21-16-8-6-5-7-13(16)14(19(21)22)9-12-10-15(20)18(24-3)11-17(12)23-2/h5-11H,4H2,1-3H3/b14-9-. The van der Waals surface area contributed by atoms with Gasteiger partial charge in [-0.15, -0.1) is 0 Å². The van der Waals surface area contributed by atoms with Gasteiger partial charge in [-0.25, -0.2) is 0 Å². The number of carbonyl (C=O) groups excluding carboxylic acids is 1. The van der Waals surface area contributed by atoms with Crippen molar-refractivity contribution in [2.24, 2.45) is 0 Å². The van der Waals surface area contributed by atoms with Crippen molar-refractivity contribution in [1.82, 2.24) is 0 Å². The Bertz CT molecular complexity index is 829. The van der Waals surface area contributed by atoms with Crippen LogP contribution in [0.5, 0.6) is 11.5 Å². The summed E-state index contributed by atoms with van der Waals surface area (Å²) in [6.07, 6.45) is 1.87. The van der Waals surface area contributed by atoms with Gasteiger partial charge in [0, 0.05) is 29.3 Å². The molecule has 0 unspecified atom stereocenters. The van der Waals surface area contributed by atoms with E-state index in [-0.39, 0.29) is 5.91 Å². The van der Waals surface area contributed by atoms with Crippen LogP contribution in [0.4, 0.5) is 5.69 Å². The molecule has 0 saturated carbocycles. The molecule has 0 aromatic heterocycles. The number of hydrogen-bond donors (Lipinski definition) is 0. The van der Waals surface area contributed by atoms with Crippen LogP contribution in [-0.2, 0) is 4.79 Å². The second-order valence-electron chi connectivity index (χ2n) is 5.35. The molecule has 0 bridgehead atoms. The maximum absolute atomic E-state index is 12.8. The molecule has 1 heterocycles. The second-order valence-corrected chi connectivity index (χ2v) is 6.21. The zero-order chi connectivity index (χ0) is 17.3. The first-order chi connectivity index (χ1) is 11.6. The van der Waals surface area contributed by atoms with E-state index in [2.05, 4.69) is 15.9 Å². The van der Waals surface area contributed by atoms with E-state index in [1.165, 1.54) is 0 Å². The number of halogens is 1. The van der Waals surface area contributed by atoms with Gasteiger partial charge >= 0.3 is 0 Å². The van der Waals surface area contributed by atoms with Crippen molar-refractivity contribution in [1.29, 1.82) is 0 Å². The Labute approximate surface area is 149 Å². The third-order valence-electron chi connectivity index (χ3n) is 4.08. The zero-order valence-corrected chi connectivity index (χ0v) is 15.4. The summed E-state index contributed by atoms with van der Waals surface area (Å²) in [6.45, 7) is 2.61. The molecule has 24 heavy (non-hydrogen) atoms. The van der Waals surface area contributed by atoms with Crippen molar-refractivity contribution in [3.05, 3.63) is 52.0 Å². The lowest BCUT2D eigenvalue weighted by Gasteiger charge is -2.13. The molecule has 0 atom stereocenters. The normalized spacial score (nSPS) is 14.9. The van der Waals surface area contributed by atoms with Crippen molar-refractivity contribution in [3.8, 4) is 11.5 Å². The molecule has 0 fully saturated rings. The third-order valence-corrected chi connectivity index (χ3v) is 4.70. The Morgan fingerprint density at radius 3 is 2.50 bits per heavy atom. The van der Waals surface area contributed by atoms with E-state index < -0.39 is 0 Å². The number of fused-ring (bicyclic) bond motifs is 1. The van der Waals surface area contributed by atoms with Crippen LogP contribution in [0.15, 0.2) is 40.9 Å². The molecule has 1 aliphatic rings. The smallest absolute Gasteiger partial charge is 0.258 e. The number of ether oxygens (including phenoxy) is 2. The third kappa shape index (κ3) is 2.69. The number of carbonyl (C=O) groups is 1. The van der Waals surface area contributed by atoms with Crippen LogP contribution in [0.3, 0.4) is 0 Å². The number of amides is 1. The minimum absolute atomic E-state index is 0.00712. The number of nitrogens with zero attached hydrogens (tertiary/aromatic N) is 1. The summed E-state index contributed by atoms with van der Waals surface area (Å²) in [7, 11) is 3.21. The average Bonchev–Trinajstić information content (AvgIpc) is 2.87. The van der Waals surface area contributed by atoms with E-state index in [0.717, 1.165) is 21.3 Å². The summed E-state index contributed by atoms with van der Waals surface area (Å²) >= 11 is 3.49. The van der Waals surface area contributed by atoms with E-state index in [1.807, 2.05) is 43.3 Å². The first-order valence-corrected chi connectivity index (χ1v) is 8.44. The lowest BCUT2D eigenvalue weighted by molar-refractivity contribution is -0.112. The number of likely N-dealkylation sites (N-methyl/N-ethyl adjacent to an activating group) is 1. The number of methoxy groups -OCH3 is 2. The number of para-hydroxylation sites is 1. The first-order valence-electron chi connectivity index (χ1n) is 7.65. The summed E-state index contributed by atoms with van der Waals surface area (Å²) in [5.41, 5.74) is 3.38. The van der Waals surface area contributed by atoms with Crippen LogP contribution in [0.2, 0.25) is 0 Å². The summed E-state index contributed by atoms with van der Waals surface area (Å²) in [4.78, 5) is 14.6. The van der Waals surface area contributed by atoms with Crippen molar-refractivity contribution in [2.45, 2.75) is 6.92 Å². The first kappa shape index (κ1) is 16.6. The largest absolute Gasteiger partial charge is 0.496 e. The van der Waals surface area contributed by atoms with Gasteiger partial charge in [0.15, 0.2) is 0 Å². The van der Waals surface area contributed by atoms with Crippen LogP contribution in [0, 0.1) is 0 Å². The van der Waals surface area contributed by atoms with Gasteiger partial charge < -0.3 is 14.4 Å². The highest BCUT2D eigenvalue weighted by atomic mass is 79.9. The van der Waals surface area contributed by atoms with E-state index in [1.54, 1.807) is 25.2 Å². The summed E-state index contributed by atoms with van der Waals surface area (Å²) < 4.78 is 11.6. The topological polar surface area (TPSA) is 38.8 Å². The second kappa shape index (κ2) is 6.69. The molecular weight excluding hydrogens is 370 g/mol. The van der Waals surface area contributed by atoms with Crippen molar-refractivity contribution in [2.75, 3.05) is 25.7 Å². The Hall–Kier alpha value is -2.27. The number of benzene rings is 2. The minimum atomic E-state index is 0.00712. The maximum atomic E-state index is 12.8. The Morgan fingerprint density at radius 2 is 1.83 bits per heavy atom. The summed E-state index contributed by atoms with van der Waals surface area (Å²) in [6, 6.07) is 11.5. The number of anilines is 1. The fraction of sp³-hybridized carbons (Fsp3) is 0.211. The van der Waals surface area contributed by atoms with Crippen molar-refractivity contribution < 1.29 is 14.3 Å². The van der Waals surface area contributed by atoms with Crippen LogP contribution < -0.4 is 14.4 Å². The molecule has 2 aromatic carbocycles. The molecule has 2 aromatic rings. The lowest BCUT2D eigenvalue weighted by atomic mass is 10.0. The highest BCUT2D eigenvalue weighted by molar-refractivity contribution is 9.10. The van der Waals surface area contributed by atoms with Gasteiger partial charge in [0.1, 0.15) is 11.5 Å². The van der Waals surface area contributed by atoms with E-state index in [9.17, 15) is 4.79 Å². The average molecular weight is 388 g/mol. The van der Waals surface area contributed by atoms with Gasteiger partial charge in [-0.3, -0.25) is 4.79 Å². The van der Waals surface area contributed by atoms with Gasteiger partial charge in [-0.2, -0.15) is 0 Å². The summed E-state index contributed by atoms with van der Waals surface area (Å²) in [5, 5.41) is 0. The van der Waals surface area contributed by atoms with Gasteiger partial charge in [-0.05, 0) is 41.1 Å². The monoisotopic (exact) mass is 387 g/mol.